The zero-order chi connectivity index (χ0) is 23.8. The SMILES string of the molecule is Cc1ccc(N2C(=O)C3C(c4cccc(I)c4)OC4(C(=O)c5ccccc5C4=O)C3C2=O)cc1. The van der Waals surface area contributed by atoms with Gasteiger partial charge in [0.15, 0.2) is 0 Å². The van der Waals surface area contributed by atoms with Crippen molar-refractivity contribution >= 4 is 51.7 Å². The van der Waals surface area contributed by atoms with Crippen molar-refractivity contribution in [2.45, 2.75) is 18.6 Å². The van der Waals surface area contributed by atoms with Crippen LogP contribution in [0.3, 0.4) is 0 Å². The number of rotatable bonds is 2. The molecule has 2 saturated heterocycles. The molecule has 0 radical (unpaired) electrons. The van der Waals surface area contributed by atoms with E-state index in [1.54, 1.807) is 42.5 Å². The highest BCUT2D eigenvalue weighted by Gasteiger charge is 2.74. The molecule has 1 aliphatic carbocycles. The lowest BCUT2D eigenvalue weighted by molar-refractivity contribution is -0.127. The average Bonchev–Trinajstić information content (AvgIpc) is 3.40. The second-order valence-electron chi connectivity index (χ2n) is 8.88. The van der Waals surface area contributed by atoms with Crippen molar-refractivity contribution < 1.29 is 23.9 Å². The molecule has 7 heteroatoms. The third-order valence-corrected chi connectivity index (χ3v) is 7.66. The van der Waals surface area contributed by atoms with E-state index >= 15 is 0 Å². The van der Waals surface area contributed by atoms with Crippen molar-refractivity contribution in [2.75, 3.05) is 4.90 Å². The van der Waals surface area contributed by atoms with Crippen LogP contribution in [0.15, 0.2) is 72.8 Å². The number of amides is 2. The Bertz CT molecular complexity index is 1380. The van der Waals surface area contributed by atoms with Crippen molar-refractivity contribution in [3.05, 3.63) is 98.6 Å². The summed E-state index contributed by atoms with van der Waals surface area (Å²) in [6.07, 6.45) is -0.908. The highest BCUT2D eigenvalue weighted by molar-refractivity contribution is 14.1. The van der Waals surface area contributed by atoms with Crippen LogP contribution in [0.2, 0.25) is 0 Å². The van der Waals surface area contributed by atoms with Crippen LogP contribution in [0.5, 0.6) is 0 Å². The first-order valence-electron chi connectivity index (χ1n) is 10.9. The zero-order valence-corrected chi connectivity index (χ0v) is 20.2. The van der Waals surface area contributed by atoms with Gasteiger partial charge in [-0.2, -0.15) is 0 Å². The first kappa shape index (κ1) is 21.4. The van der Waals surface area contributed by atoms with Gasteiger partial charge in [-0.15, -0.1) is 0 Å². The summed E-state index contributed by atoms with van der Waals surface area (Å²) in [5.74, 6) is -4.38. The molecular weight excluding hydrogens is 545 g/mol. The Morgan fingerprint density at radius 3 is 2.09 bits per heavy atom. The fraction of sp³-hybridized carbons (Fsp3) is 0.185. The van der Waals surface area contributed by atoms with Crippen molar-refractivity contribution in [2.24, 2.45) is 11.8 Å². The Balaban J connectivity index is 1.55. The smallest absolute Gasteiger partial charge is 0.241 e. The maximum absolute atomic E-state index is 13.8. The molecule has 168 valence electrons. The van der Waals surface area contributed by atoms with Gasteiger partial charge in [-0.25, -0.2) is 4.90 Å². The Labute approximate surface area is 209 Å². The molecule has 3 aromatic carbocycles. The average molecular weight is 563 g/mol. The highest BCUT2D eigenvalue weighted by Crippen LogP contribution is 2.57. The zero-order valence-electron chi connectivity index (χ0n) is 18.0. The third kappa shape index (κ3) is 2.71. The molecule has 34 heavy (non-hydrogen) atoms. The van der Waals surface area contributed by atoms with Crippen LogP contribution in [-0.2, 0) is 14.3 Å². The molecule has 6 nitrogen and oxygen atoms in total. The lowest BCUT2D eigenvalue weighted by atomic mass is 9.77. The normalized spacial score (nSPS) is 24.8. The maximum atomic E-state index is 13.8. The van der Waals surface area contributed by atoms with Crippen molar-refractivity contribution in [3.63, 3.8) is 0 Å². The minimum atomic E-state index is -2.05. The summed E-state index contributed by atoms with van der Waals surface area (Å²) >= 11 is 2.15. The topological polar surface area (TPSA) is 80.8 Å². The first-order valence-corrected chi connectivity index (χ1v) is 12.0. The predicted molar refractivity (Wildman–Crippen MR) is 131 cm³/mol. The van der Waals surface area contributed by atoms with Gasteiger partial charge in [0.25, 0.3) is 0 Å². The number of fused-ring (bicyclic) bond motifs is 3. The van der Waals surface area contributed by atoms with Crippen LogP contribution >= 0.6 is 22.6 Å². The largest absolute Gasteiger partial charge is 0.349 e. The minimum Gasteiger partial charge on any atom is -0.349 e. The van der Waals surface area contributed by atoms with E-state index in [0.29, 0.717) is 11.3 Å². The molecule has 3 unspecified atom stereocenters. The molecule has 0 saturated carbocycles. The molecule has 1 spiro atoms. The number of aryl methyl sites for hydroxylation is 1. The van der Waals surface area contributed by atoms with E-state index in [4.69, 9.17) is 4.74 Å². The number of hydrogen-bond donors (Lipinski definition) is 0. The summed E-state index contributed by atoms with van der Waals surface area (Å²) in [7, 11) is 0. The summed E-state index contributed by atoms with van der Waals surface area (Å²) in [5.41, 5.74) is 0.458. The number of ketones is 2. The quantitative estimate of drug-likeness (QED) is 0.264. The molecule has 2 heterocycles. The van der Waals surface area contributed by atoms with Crippen LogP contribution in [0.1, 0.15) is 37.9 Å². The fourth-order valence-corrected chi connectivity index (χ4v) is 6.02. The van der Waals surface area contributed by atoms with Crippen molar-refractivity contribution in [3.8, 4) is 0 Å². The second-order valence-corrected chi connectivity index (χ2v) is 10.1. The molecule has 2 fully saturated rings. The Morgan fingerprint density at radius 2 is 1.47 bits per heavy atom. The number of anilines is 1. The highest BCUT2D eigenvalue weighted by atomic mass is 127. The lowest BCUT2D eigenvalue weighted by Crippen LogP contribution is -2.51. The van der Waals surface area contributed by atoms with Gasteiger partial charge in [0.1, 0.15) is 0 Å². The molecule has 0 bridgehead atoms. The Hall–Kier alpha value is -3.17. The Kier molecular flexibility index (Phi) is 4.66. The van der Waals surface area contributed by atoms with Gasteiger partial charge in [0.2, 0.25) is 29.0 Å². The number of ether oxygens (including phenoxy) is 1. The van der Waals surface area contributed by atoms with Crippen LogP contribution in [0.4, 0.5) is 5.69 Å². The number of Topliss-reactive ketones (excluding diaryl/α,β-unsaturated/α-hetero) is 2. The van der Waals surface area contributed by atoms with E-state index in [1.807, 2.05) is 37.3 Å². The summed E-state index contributed by atoms with van der Waals surface area (Å²) in [6.45, 7) is 1.91. The van der Waals surface area contributed by atoms with Gasteiger partial charge in [-0.05, 0) is 59.3 Å². The van der Waals surface area contributed by atoms with E-state index in [9.17, 15) is 19.2 Å². The van der Waals surface area contributed by atoms with Crippen molar-refractivity contribution in [1.29, 1.82) is 0 Å². The third-order valence-electron chi connectivity index (χ3n) is 6.99. The van der Waals surface area contributed by atoms with Gasteiger partial charge >= 0.3 is 0 Å². The number of imide groups is 1. The van der Waals surface area contributed by atoms with Crippen LogP contribution < -0.4 is 4.90 Å². The minimum absolute atomic E-state index is 0.226. The summed E-state index contributed by atoms with van der Waals surface area (Å²) < 4.78 is 7.21. The molecule has 3 aliphatic rings. The van der Waals surface area contributed by atoms with Gasteiger partial charge in [-0.3, -0.25) is 19.2 Å². The van der Waals surface area contributed by atoms with E-state index < -0.39 is 46.9 Å². The summed E-state index contributed by atoms with van der Waals surface area (Å²) in [4.78, 5) is 56.2. The van der Waals surface area contributed by atoms with Crippen LogP contribution in [-0.4, -0.2) is 29.0 Å². The molecular formula is C27H18INO5. The first-order chi connectivity index (χ1) is 16.3. The molecule has 3 atom stereocenters. The Morgan fingerprint density at radius 1 is 0.824 bits per heavy atom. The predicted octanol–water partition coefficient (Wildman–Crippen LogP) is 4.29. The number of carbonyl (C=O) groups is 4. The van der Waals surface area contributed by atoms with E-state index in [0.717, 1.165) is 14.0 Å². The molecule has 2 amide bonds. The second kappa shape index (κ2) is 7.41. The number of benzene rings is 3. The van der Waals surface area contributed by atoms with E-state index in [1.165, 1.54) is 0 Å². The molecule has 0 aromatic heterocycles. The fourth-order valence-electron chi connectivity index (χ4n) is 5.45. The van der Waals surface area contributed by atoms with E-state index in [2.05, 4.69) is 22.6 Å². The number of nitrogens with zero attached hydrogens (tertiary/aromatic N) is 1. The van der Waals surface area contributed by atoms with E-state index in [-0.39, 0.29) is 11.1 Å². The number of halogens is 1. The summed E-state index contributed by atoms with van der Waals surface area (Å²) in [5, 5.41) is 0. The van der Waals surface area contributed by atoms with Gasteiger partial charge in [0, 0.05) is 14.7 Å². The lowest BCUT2D eigenvalue weighted by Gasteiger charge is -2.27. The van der Waals surface area contributed by atoms with Gasteiger partial charge in [-0.1, -0.05) is 54.1 Å². The van der Waals surface area contributed by atoms with Crippen LogP contribution in [0, 0.1) is 22.3 Å². The molecule has 6 rings (SSSR count). The monoisotopic (exact) mass is 563 g/mol. The summed E-state index contributed by atoms with van der Waals surface area (Å²) in [6, 6.07) is 20.9. The molecule has 2 aliphatic heterocycles. The molecule has 0 N–H and O–H groups in total. The van der Waals surface area contributed by atoms with Gasteiger partial charge in [0.05, 0.1) is 23.6 Å². The van der Waals surface area contributed by atoms with Crippen molar-refractivity contribution in [1.82, 2.24) is 0 Å². The number of carbonyl (C=O) groups excluding carboxylic acids is 4. The standard InChI is InChI=1S/C27H18INO5/c1-14-9-11-17(12-10-14)29-25(32)20-21(26(29)33)27(34-22(20)15-5-4-6-16(28)13-15)23(30)18-7-2-3-8-19(18)24(27)31/h2-13,20-22H,1H3. The van der Waals surface area contributed by atoms with Gasteiger partial charge < -0.3 is 4.74 Å². The van der Waals surface area contributed by atoms with Crippen LogP contribution in [0.25, 0.3) is 0 Å². The maximum Gasteiger partial charge on any atom is 0.241 e. The number of hydrogen-bond acceptors (Lipinski definition) is 5. The molecule has 3 aromatic rings.